The van der Waals surface area contributed by atoms with Gasteiger partial charge in [0.15, 0.2) is 0 Å². The summed E-state index contributed by atoms with van der Waals surface area (Å²) in [7, 11) is 3.21. The first-order chi connectivity index (χ1) is 13.9. The van der Waals surface area contributed by atoms with Gasteiger partial charge in [-0.15, -0.1) is 0 Å². The summed E-state index contributed by atoms with van der Waals surface area (Å²) in [5.74, 6) is 0.742. The molecule has 0 saturated heterocycles. The third-order valence-electron chi connectivity index (χ3n) is 3.96. The molecule has 1 N–H and O–H groups in total. The molecule has 0 aliphatic heterocycles. The third kappa shape index (κ3) is 8.92. The number of carbonyl (C=O) groups excluding carboxylic acids is 1. The average molecular weight is 432 g/mol. The van der Waals surface area contributed by atoms with Gasteiger partial charge in [-0.3, -0.25) is 4.79 Å². The minimum atomic E-state index is -0.243. The van der Waals surface area contributed by atoms with Crippen LogP contribution in [0.2, 0.25) is 0 Å². The van der Waals surface area contributed by atoms with Crippen LogP contribution in [-0.4, -0.2) is 28.0 Å². The van der Waals surface area contributed by atoms with Gasteiger partial charge in [-0.25, -0.2) is 10.4 Å². The van der Waals surface area contributed by atoms with E-state index in [4.69, 9.17) is 4.74 Å². The molecule has 0 radical (unpaired) electrons. The molecule has 0 saturated carbocycles. The second-order valence-electron chi connectivity index (χ2n) is 7.23. The van der Waals surface area contributed by atoms with Gasteiger partial charge in [-0.2, -0.15) is 5.10 Å². The third-order valence-corrected chi connectivity index (χ3v) is 7.17. The van der Waals surface area contributed by atoms with E-state index in [-0.39, 0.29) is 10.7 Å². The summed E-state index contributed by atoms with van der Waals surface area (Å²) >= 11 is 0. The first-order valence-corrected chi connectivity index (χ1v) is 11.9. The highest BCUT2D eigenvalue weighted by molar-refractivity contribution is 8.77. The van der Waals surface area contributed by atoms with E-state index in [1.165, 1.54) is 0 Å². The van der Waals surface area contributed by atoms with E-state index in [2.05, 4.69) is 22.4 Å². The van der Waals surface area contributed by atoms with Gasteiger partial charge in [0, 0.05) is 17.4 Å². The molecular formula is C22H29N3O2S2. The van der Waals surface area contributed by atoms with Crippen LogP contribution in [0.3, 0.4) is 0 Å². The molecule has 29 heavy (non-hydrogen) atoms. The van der Waals surface area contributed by atoms with Gasteiger partial charge >= 0.3 is 0 Å². The van der Waals surface area contributed by atoms with Crippen LogP contribution < -0.4 is 10.2 Å². The van der Waals surface area contributed by atoms with E-state index in [1.54, 1.807) is 27.8 Å². The van der Waals surface area contributed by atoms with Crippen LogP contribution >= 0.6 is 21.6 Å². The lowest BCUT2D eigenvalue weighted by atomic mass is 10.1. The molecule has 1 aromatic carbocycles. The topological polar surface area (TPSA) is 63.6 Å². The molecule has 1 amide bonds. The average Bonchev–Trinajstić information content (AvgIpc) is 2.72. The van der Waals surface area contributed by atoms with Crippen molar-refractivity contribution in [2.75, 3.05) is 6.61 Å². The number of benzene rings is 1. The van der Waals surface area contributed by atoms with Crippen LogP contribution in [0.1, 0.15) is 52.5 Å². The zero-order chi connectivity index (χ0) is 21.1. The maximum Gasteiger partial charge on any atom is 0.241 e. The van der Waals surface area contributed by atoms with Crippen LogP contribution in [0.15, 0.2) is 58.8 Å². The van der Waals surface area contributed by atoms with Crippen molar-refractivity contribution in [3.63, 3.8) is 0 Å². The lowest BCUT2D eigenvalue weighted by Gasteiger charge is -2.21. The van der Waals surface area contributed by atoms with Gasteiger partial charge in [0.05, 0.1) is 12.3 Å². The zero-order valence-electron chi connectivity index (χ0n) is 17.5. The number of pyridine rings is 1. The van der Waals surface area contributed by atoms with Crippen LogP contribution in [0.5, 0.6) is 5.75 Å². The molecule has 7 heteroatoms. The molecule has 1 aromatic heterocycles. The SMILES string of the molecule is CCCCOc1ccc(/C(C)=N/NC(=O)CC(C)(C)SSc2ccccn2)cc1. The molecule has 5 nitrogen and oxygen atoms in total. The Hall–Kier alpha value is -1.99. The molecule has 0 fully saturated rings. The smallest absolute Gasteiger partial charge is 0.241 e. The summed E-state index contributed by atoms with van der Waals surface area (Å²) in [6.07, 6.45) is 4.28. The Morgan fingerprint density at radius 3 is 2.62 bits per heavy atom. The largest absolute Gasteiger partial charge is 0.494 e. The number of hydrogen-bond donors (Lipinski definition) is 1. The monoisotopic (exact) mass is 431 g/mol. The maximum atomic E-state index is 12.3. The maximum absolute atomic E-state index is 12.3. The fourth-order valence-corrected chi connectivity index (χ4v) is 4.49. The van der Waals surface area contributed by atoms with Crippen molar-refractivity contribution < 1.29 is 9.53 Å². The molecule has 1 heterocycles. The van der Waals surface area contributed by atoms with Crippen LogP contribution in [0.25, 0.3) is 0 Å². The molecule has 2 aromatic rings. The minimum absolute atomic E-state index is 0.108. The Balaban J connectivity index is 1.82. The molecule has 2 rings (SSSR count). The molecule has 0 aliphatic carbocycles. The van der Waals surface area contributed by atoms with Crippen molar-refractivity contribution in [1.82, 2.24) is 10.4 Å². The van der Waals surface area contributed by atoms with E-state index in [0.29, 0.717) is 6.42 Å². The highest BCUT2D eigenvalue weighted by Gasteiger charge is 2.23. The van der Waals surface area contributed by atoms with Gasteiger partial charge in [0.2, 0.25) is 5.91 Å². The fraction of sp³-hybridized carbons (Fsp3) is 0.409. The highest BCUT2D eigenvalue weighted by Crippen LogP contribution is 2.41. The molecule has 0 aliphatic rings. The van der Waals surface area contributed by atoms with Crippen molar-refractivity contribution in [2.24, 2.45) is 5.10 Å². The van der Waals surface area contributed by atoms with Gasteiger partial charge in [-0.05, 0) is 79.9 Å². The van der Waals surface area contributed by atoms with Crippen molar-refractivity contribution in [1.29, 1.82) is 0 Å². The van der Waals surface area contributed by atoms with Crippen LogP contribution in [0.4, 0.5) is 0 Å². The lowest BCUT2D eigenvalue weighted by molar-refractivity contribution is -0.121. The van der Waals surface area contributed by atoms with E-state index in [1.807, 2.05) is 63.2 Å². The Kier molecular flexibility index (Phi) is 9.54. The van der Waals surface area contributed by atoms with E-state index in [9.17, 15) is 4.79 Å². The van der Waals surface area contributed by atoms with E-state index in [0.717, 1.165) is 41.5 Å². The fourth-order valence-electron chi connectivity index (χ4n) is 2.34. The number of nitrogens with zero attached hydrogens (tertiary/aromatic N) is 2. The number of amides is 1. The summed E-state index contributed by atoms with van der Waals surface area (Å²) in [6.45, 7) is 8.83. The molecule has 0 bridgehead atoms. The molecule has 156 valence electrons. The minimum Gasteiger partial charge on any atom is -0.494 e. The number of unbranched alkanes of at least 4 members (excludes halogenated alkanes) is 1. The Morgan fingerprint density at radius 1 is 1.21 bits per heavy atom. The highest BCUT2D eigenvalue weighted by atomic mass is 33.1. The van der Waals surface area contributed by atoms with Crippen LogP contribution in [0, 0.1) is 0 Å². The Bertz CT molecular complexity index is 793. The quantitative estimate of drug-likeness (QED) is 0.214. The van der Waals surface area contributed by atoms with Gasteiger partial charge in [0.25, 0.3) is 0 Å². The summed E-state index contributed by atoms with van der Waals surface area (Å²) in [5.41, 5.74) is 4.38. The molecule has 0 atom stereocenters. The van der Waals surface area contributed by atoms with E-state index >= 15 is 0 Å². The number of carbonyl (C=O) groups is 1. The second-order valence-corrected chi connectivity index (χ2v) is 10.1. The van der Waals surface area contributed by atoms with Crippen molar-refractivity contribution >= 4 is 33.2 Å². The van der Waals surface area contributed by atoms with Gasteiger partial charge < -0.3 is 4.74 Å². The van der Waals surface area contributed by atoms with Crippen LogP contribution in [-0.2, 0) is 4.79 Å². The predicted molar refractivity (Wildman–Crippen MR) is 124 cm³/mol. The van der Waals surface area contributed by atoms with E-state index < -0.39 is 0 Å². The number of rotatable bonds is 11. The Morgan fingerprint density at radius 2 is 1.97 bits per heavy atom. The van der Waals surface area contributed by atoms with Gasteiger partial charge in [-0.1, -0.05) is 30.2 Å². The van der Waals surface area contributed by atoms with Crippen molar-refractivity contribution in [3.8, 4) is 5.75 Å². The van der Waals surface area contributed by atoms with Crippen molar-refractivity contribution in [2.45, 2.75) is 56.7 Å². The number of hydrogen-bond acceptors (Lipinski definition) is 6. The standard InChI is InChI=1S/C22H29N3O2S2/c1-5-6-15-27-19-12-10-18(11-13-19)17(2)24-25-20(26)16-22(3,4)29-28-21-9-7-8-14-23-21/h7-14H,5-6,15-16H2,1-4H3,(H,25,26)/b24-17+. The summed E-state index contributed by atoms with van der Waals surface area (Å²) in [5, 5.41) is 5.18. The lowest BCUT2D eigenvalue weighted by Crippen LogP contribution is -2.27. The number of ether oxygens (including phenoxy) is 1. The number of nitrogens with one attached hydrogen (secondary N) is 1. The number of hydrazone groups is 1. The summed E-state index contributed by atoms with van der Waals surface area (Å²) in [6, 6.07) is 13.6. The predicted octanol–water partition coefficient (Wildman–Crippen LogP) is 5.71. The number of aromatic nitrogens is 1. The van der Waals surface area contributed by atoms with Crippen molar-refractivity contribution in [3.05, 3.63) is 54.2 Å². The Labute approximate surface area is 181 Å². The normalized spacial score (nSPS) is 11.9. The summed E-state index contributed by atoms with van der Waals surface area (Å²) in [4.78, 5) is 16.6. The van der Waals surface area contributed by atoms with Gasteiger partial charge in [0.1, 0.15) is 10.8 Å². The molecule has 0 spiro atoms. The molecular weight excluding hydrogens is 402 g/mol. The summed E-state index contributed by atoms with van der Waals surface area (Å²) < 4.78 is 5.43. The molecule has 0 unspecified atom stereocenters. The first kappa shape index (κ1) is 23.3. The zero-order valence-corrected chi connectivity index (χ0v) is 19.1. The first-order valence-electron chi connectivity index (χ1n) is 9.73. The second kappa shape index (κ2) is 11.9.